The van der Waals surface area contributed by atoms with Crippen LogP contribution in [0, 0.1) is 0 Å². The van der Waals surface area contributed by atoms with E-state index in [-0.39, 0.29) is 13.2 Å². The number of aliphatic hydroxyl groups excluding tert-OH is 2. The van der Waals surface area contributed by atoms with Crippen LogP contribution in [0.3, 0.4) is 0 Å². The molecule has 1 aromatic carbocycles. The summed E-state index contributed by atoms with van der Waals surface area (Å²) in [5.74, 6) is 0. The fraction of sp³-hybridized carbons (Fsp3) is 0.400. The molecule has 2 N–H and O–H groups in total. The fourth-order valence-corrected chi connectivity index (χ4v) is 1.93. The second kappa shape index (κ2) is 4.22. The van der Waals surface area contributed by atoms with Crippen molar-refractivity contribution in [2.45, 2.75) is 12.3 Å². The minimum Gasteiger partial charge on any atom is -0.395 e. The highest BCUT2D eigenvalue weighted by molar-refractivity contribution is 9.10. The zero-order valence-corrected chi connectivity index (χ0v) is 9.08. The van der Waals surface area contributed by atoms with Gasteiger partial charge in [-0.3, -0.25) is 0 Å². The van der Waals surface area contributed by atoms with Crippen LogP contribution in [0.4, 0.5) is 0 Å². The highest BCUT2D eigenvalue weighted by atomic mass is 79.9. The molecule has 3 heteroatoms. The van der Waals surface area contributed by atoms with Crippen molar-refractivity contribution in [3.8, 4) is 0 Å². The maximum absolute atomic E-state index is 9.18. The van der Waals surface area contributed by atoms with Gasteiger partial charge in [0.25, 0.3) is 0 Å². The Morgan fingerprint density at radius 2 is 1.77 bits per heavy atom. The van der Waals surface area contributed by atoms with Crippen LogP contribution < -0.4 is 0 Å². The highest BCUT2D eigenvalue weighted by Gasteiger charge is 2.26. The molecule has 0 radical (unpaired) electrons. The quantitative estimate of drug-likeness (QED) is 0.850. The Hall–Kier alpha value is -0.380. The van der Waals surface area contributed by atoms with Crippen LogP contribution in [0.15, 0.2) is 28.7 Å². The third-order valence-electron chi connectivity index (χ3n) is 2.22. The van der Waals surface area contributed by atoms with E-state index < -0.39 is 5.41 Å². The molecule has 0 saturated carbocycles. The molecule has 0 saturated heterocycles. The first-order valence-corrected chi connectivity index (χ1v) is 4.90. The molecule has 1 rings (SSSR count). The largest absolute Gasteiger partial charge is 0.395 e. The van der Waals surface area contributed by atoms with Gasteiger partial charge in [0.1, 0.15) is 0 Å². The summed E-state index contributed by atoms with van der Waals surface area (Å²) >= 11 is 3.39. The Kier molecular flexibility index (Phi) is 3.47. The van der Waals surface area contributed by atoms with Gasteiger partial charge < -0.3 is 10.2 Å². The minimum atomic E-state index is -0.569. The van der Waals surface area contributed by atoms with Crippen LogP contribution in [0.25, 0.3) is 0 Å². The highest BCUT2D eigenvalue weighted by Crippen LogP contribution is 2.29. The molecule has 2 nitrogen and oxygen atoms in total. The summed E-state index contributed by atoms with van der Waals surface area (Å²) < 4.78 is 0.917. The van der Waals surface area contributed by atoms with Crippen LogP contribution in [0.5, 0.6) is 0 Å². The average molecular weight is 245 g/mol. The SMILES string of the molecule is CC(CO)(CO)c1ccccc1Br. The van der Waals surface area contributed by atoms with E-state index in [1.54, 1.807) is 0 Å². The normalized spacial score (nSPS) is 11.7. The number of rotatable bonds is 3. The predicted octanol–water partition coefficient (Wildman–Crippen LogP) is 1.69. The summed E-state index contributed by atoms with van der Waals surface area (Å²) in [5, 5.41) is 18.4. The molecule has 0 atom stereocenters. The number of hydrogen-bond acceptors (Lipinski definition) is 2. The first kappa shape index (κ1) is 10.7. The van der Waals surface area contributed by atoms with Gasteiger partial charge in [0.2, 0.25) is 0 Å². The maximum Gasteiger partial charge on any atom is 0.0547 e. The summed E-state index contributed by atoms with van der Waals surface area (Å²) in [7, 11) is 0. The average Bonchev–Trinajstić information content (AvgIpc) is 2.17. The standard InChI is InChI=1S/C10H13BrO2/c1-10(6-12,7-13)8-4-2-3-5-9(8)11/h2-5,12-13H,6-7H2,1H3. The van der Waals surface area contributed by atoms with Gasteiger partial charge in [-0.05, 0) is 11.6 Å². The summed E-state index contributed by atoms with van der Waals surface area (Å²) in [6.45, 7) is 1.70. The molecule has 72 valence electrons. The maximum atomic E-state index is 9.18. The van der Waals surface area contributed by atoms with Gasteiger partial charge in [0, 0.05) is 9.89 Å². The lowest BCUT2D eigenvalue weighted by Crippen LogP contribution is -2.31. The summed E-state index contributed by atoms with van der Waals surface area (Å²) in [5.41, 5.74) is 0.361. The van der Waals surface area contributed by atoms with E-state index in [9.17, 15) is 10.2 Å². The molecule has 0 aliphatic carbocycles. The van der Waals surface area contributed by atoms with Gasteiger partial charge >= 0.3 is 0 Å². The number of aliphatic hydroxyl groups is 2. The molecule has 0 heterocycles. The van der Waals surface area contributed by atoms with Crippen molar-refractivity contribution in [2.24, 2.45) is 0 Å². The van der Waals surface area contributed by atoms with E-state index in [4.69, 9.17) is 0 Å². The molecule has 0 aliphatic heterocycles. The van der Waals surface area contributed by atoms with Gasteiger partial charge in [-0.2, -0.15) is 0 Å². The molecule has 0 aromatic heterocycles. The number of halogens is 1. The van der Waals surface area contributed by atoms with E-state index >= 15 is 0 Å². The minimum absolute atomic E-state index is 0.0634. The third kappa shape index (κ3) is 2.10. The lowest BCUT2D eigenvalue weighted by Gasteiger charge is -2.26. The molecule has 0 bridgehead atoms. The van der Waals surface area contributed by atoms with Gasteiger partial charge in [-0.1, -0.05) is 41.1 Å². The Bertz CT molecular complexity index is 282. The Balaban J connectivity index is 3.12. The summed E-state index contributed by atoms with van der Waals surface area (Å²) in [4.78, 5) is 0. The van der Waals surface area contributed by atoms with Crippen LogP contribution >= 0.6 is 15.9 Å². The molecular weight excluding hydrogens is 232 g/mol. The van der Waals surface area contributed by atoms with E-state index in [0.29, 0.717) is 0 Å². The smallest absolute Gasteiger partial charge is 0.0547 e. The monoisotopic (exact) mass is 244 g/mol. The fourth-order valence-electron chi connectivity index (χ4n) is 1.17. The second-order valence-electron chi connectivity index (χ2n) is 3.36. The molecule has 13 heavy (non-hydrogen) atoms. The molecular formula is C10H13BrO2. The molecule has 0 amide bonds. The van der Waals surface area contributed by atoms with E-state index in [2.05, 4.69) is 15.9 Å². The van der Waals surface area contributed by atoms with Gasteiger partial charge in [0.15, 0.2) is 0 Å². The Morgan fingerprint density at radius 1 is 1.23 bits per heavy atom. The van der Waals surface area contributed by atoms with Crippen molar-refractivity contribution in [3.05, 3.63) is 34.3 Å². The van der Waals surface area contributed by atoms with E-state index in [1.807, 2.05) is 31.2 Å². The molecule has 0 fully saturated rings. The molecule has 0 spiro atoms. The van der Waals surface area contributed by atoms with E-state index in [0.717, 1.165) is 10.0 Å². The Morgan fingerprint density at radius 3 is 2.23 bits per heavy atom. The van der Waals surface area contributed by atoms with Crippen molar-refractivity contribution >= 4 is 15.9 Å². The van der Waals surface area contributed by atoms with Crippen LogP contribution in [-0.4, -0.2) is 23.4 Å². The zero-order valence-electron chi connectivity index (χ0n) is 7.50. The van der Waals surface area contributed by atoms with Gasteiger partial charge in [-0.25, -0.2) is 0 Å². The topological polar surface area (TPSA) is 40.5 Å². The number of benzene rings is 1. The third-order valence-corrected chi connectivity index (χ3v) is 2.91. The lowest BCUT2D eigenvalue weighted by atomic mass is 9.84. The van der Waals surface area contributed by atoms with Crippen molar-refractivity contribution in [1.29, 1.82) is 0 Å². The molecule has 1 aromatic rings. The zero-order chi connectivity index (χ0) is 9.90. The van der Waals surface area contributed by atoms with Gasteiger partial charge in [-0.15, -0.1) is 0 Å². The molecule has 0 unspecified atom stereocenters. The van der Waals surface area contributed by atoms with Crippen molar-refractivity contribution < 1.29 is 10.2 Å². The Labute approximate surface area is 86.3 Å². The lowest BCUT2D eigenvalue weighted by molar-refractivity contribution is 0.129. The first-order chi connectivity index (χ1) is 6.14. The summed E-state index contributed by atoms with van der Waals surface area (Å²) in [6, 6.07) is 7.60. The van der Waals surface area contributed by atoms with Crippen LogP contribution in [0.2, 0.25) is 0 Å². The van der Waals surface area contributed by atoms with Crippen molar-refractivity contribution in [3.63, 3.8) is 0 Å². The predicted molar refractivity (Wildman–Crippen MR) is 55.7 cm³/mol. The van der Waals surface area contributed by atoms with Crippen molar-refractivity contribution in [1.82, 2.24) is 0 Å². The van der Waals surface area contributed by atoms with E-state index in [1.165, 1.54) is 0 Å². The van der Waals surface area contributed by atoms with Crippen LogP contribution in [-0.2, 0) is 5.41 Å². The van der Waals surface area contributed by atoms with Crippen molar-refractivity contribution in [2.75, 3.05) is 13.2 Å². The van der Waals surface area contributed by atoms with Crippen LogP contribution in [0.1, 0.15) is 12.5 Å². The summed E-state index contributed by atoms with van der Waals surface area (Å²) in [6.07, 6.45) is 0. The number of hydrogen-bond donors (Lipinski definition) is 2. The molecule has 0 aliphatic rings. The first-order valence-electron chi connectivity index (χ1n) is 4.11. The second-order valence-corrected chi connectivity index (χ2v) is 4.21. The van der Waals surface area contributed by atoms with Gasteiger partial charge in [0.05, 0.1) is 13.2 Å².